The van der Waals surface area contributed by atoms with Gasteiger partial charge in [0.15, 0.2) is 50.3 Å². The van der Waals surface area contributed by atoms with Crippen molar-refractivity contribution in [2.45, 2.75) is 246 Å². The summed E-state index contributed by atoms with van der Waals surface area (Å²) in [7, 11) is 0. The Bertz CT molecular complexity index is 2710. The number of aliphatic hydroxyl groups is 16. The van der Waals surface area contributed by atoms with Crippen LogP contribution in [0.5, 0.6) is 0 Å². The van der Waals surface area contributed by atoms with Gasteiger partial charge in [-0.1, -0.05) is 0 Å². The van der Waals surface area contributed by atoms with Crippen LogP contribution >= 0.6 is 0 Å². The summed E-state index contributed by atoms with van der Waals surface area (Å²) in [5.74, 6) is -15.2. The SMILES string of the molecule is O=C([O-])COC[C@H]1O[C@@H]2O[C@H]3[C@H](O)[C@@H](O)[C@@H](O[C@H]4[C@H](O)[C@@H](O)[C@@H](O[C@H]5[C@H](O)[C@@H](O)[C@@H](O[C@H]6[C@H](O)[C@@H](O)[C@@H](O[C@H]7[C@H](O)[C@@H](O)[C@@H](O[C@H]8[C@H](O)[C@@H](O)[C@@H](O[C@H]9[C@H](O)[C@@H](O)[C@@H](O[C@H]1[C@H](O)[C@H]2O)O[C@@H]9COCC(=O)[O-])O[C@@H]8COCC(=O)[O-])O[C@@H]7COCC(=O)[O-])O[C@@H]6COCC(=O)[O-])O[C@@H]5COCC(=O)[O-])O[C@@H]4COCC(=O)[O-])O[C@@H]3COCC(=O)[O-].[K+].[K+].[K+].[K+].[K+].[K+].[K+].[K+]. The maximum absolute atomic E-state index is 11.9. The van der Waals surface area contributed by atoms with Gasteiger partial charge in [0.1, 0.15) is 195 Å². The largest absolute Gasteiger partial charge is 1.00 e. The Balaban J connectivity index is 0.0000102. The minimum Gasteiger partial charge on any atom is -0.548 e. The van der Waals surface area contributed by atoms with Crippen LogP contribution in [-0.4, -0.2) is 481 Å². The van der Waals surface area contributed by atoms with E-state index in [4.69, 9.17) is 114 Å². The monoisotopic (exact) mass is 2060 g/mol. The normalized spacial score (nSPS) is 40.8. The van der Waals surface area contributed by atoms with Gasteiger partial charge in [-0.25, -0.2) is 0 Å². The summed E-state index contributed by atoms with van der Waals surface area (Å²) < 4.78 is 135. The Hall–Kier alpha value is 7.25. The van der Waals surface area contributed by atoms with Gasteiger partial charge in [-0.15, -0.1) is 0 Å². The molecule has 30 saturated heterocycles. The summed E-state index contributed by atoms with van der Waals surface area (Å²) in [4.78, 5) is 93.2. The van der Waals surface area contributed by atoms with Crippen molar-refractivity contribution in [3.63, 3.8) is 0 Å². The summed E-state index contributed by atoms with van der Waals surface area (Å²) in [6.07, 6.45) is -94.8. The molecule has 30 aliphatic heterocycles. The van der Waals surface area contributed by atoms with Crippen LogP contribution in [-0.2, 0) is 152 Å². The van der Waals surface area contributed by atoms with Crippen molar-refractivity contribution in [2.24, 2.45) is 0 Å². The molecule has 0 aliphatic carbocycles. The molecule has 64 heteroatoms. The van der Waals surface area contributed by atoms with E-state index in [9.17, 15) is 161 Å². The minimum atomic E-state index is -2.57. The van der Waals surface area contributed by atoms with Crippen LogP contribution in [0.3, 0.4) is 0 Å². The predicted molar refractivity (Wildman–Crippen MR) is 331 cm³/mol. The van der Waals surface area contributed by atoms with Crippen LogP contribution in [0.2, 0.25) is 0 Å². The summed E-state index contributed by atoms with van der Waals surface area (Å²) in [5, 5.41) is 283. The van der Waals surface area contributed by atoms with Crippen molar-refractivity contribution in [1.29, 1.82) is 0 Å². The Labute approximate surface area is 1060 Å². The first kappa shape index (κ1) is 133. The van der Waals surface area contributed by atoms with Gasteiger partial charge in [-0.05, 0) is 0 Å². The van der Waals surface area contributed by atoms with Crippen molar-refractivity contribution >= 4 is 47.8 Å². The van der Waals surface area contributed by atoms with E-state index in [-0.39, 0.29) is 411 Å². The van der Waals surface area contributed by atoms with E-state index in [2.05, 4.69) is 0 Å². The minimum absolute atomic E-state index is 0. The predicted octanol–water partition coefficient (Wildman–Crippen LogP) is -51.2. The summed E-state index contributed by atoms with van der Waals surface area (Å²) >= 11 is 0. The van der Waals surface area contributed by atoms with Gasteiger partial charge in [0.05, 0.1) is 153 Å². The molecule has 30 rings (SSSR count). The van der Waals surface area contributed by atoms with Crippen LogP contribution in [0.1, 0.15) is 0 Å². The van der Waals surface area contributed by atoms with Crippen LogP contribution in [0.25, 0.3) is 0 Å². The van der Waals surface area contributed by atoms with Gasteiger partial charge in [0, 0.05) is 0 Å². The van der Waals surface area contributed by atoms with Crippen LogP contribution in [0, 0.1) is 0 Å². The average molecular weight is 2070 g/mol. The first-order valence-corrected chi connectivity index (χ1v) is 36.3. The number of aliphatic hydroxyl groups excluding tert-OH is 16. The summed E-state index contributed by atoms with van der Waals surface area (Å²) in [6, 6.07) is 0. The fourth-order valence-electron chi connectivity index (χ4n) is 13.9. The maximum atomic E-state index is 11.9. The molecule has 0 spiro atoms. The summed E-state index contributed by atoms with van der Waals surface area (Å²) in [6.45, 7) is -19.1. The van der Waals surface area contributed by atoms with E-state index in [0.29, 0.717) is 0 Å². The fourth-order valence-corrected chi connectivity index (χ4v) is 13.9. The molecule has 40 atom stereocenters. The second kappa shape index (κ2) is 65.2. The third-order valence-corrected chi connectivity index (χ3v) is 19.5. The molecule has 0 aromatic heterocycles. The summed E-state index contributed by atoms with van der Waals surface area (Å²) in [5.41, 5.74) is 0. The zero-order valence-corrected chi connectivity index (χ0v) is 94.9. The molecule has 0 unspecified atom stereocenters. The van der Waals surface area contributed by atoms with Crippen molar-refractivity contribution in [3.05, 3.63) is 0 Å². The molecule has 30 heterocycles. The molecule has 30 aliphatic rings. The number of carboxylic acid groups (broad SMARTS) is 8. The Morgan fingerprint density at radius 2 is 0.250 bits per heavy atom. The molecular formula is C64H88K8O56. The van der Waals surface area contributed by atoms with Crippen molar-refractivity contribution < 1.29 is 686 Å². The quantitative estimate of drug-likeness (QED) is 0.0278. The van der Waals surface area contributed by atoms with Crippen molar-refractivity contribution in [2.75, 3.05) is 106 Å². The number of aliphatic carboxylic acids is 8. The Kier molecular flexibility index (Phi) is 67.8. The van der Waals surface area contributed by atoms with E-state index >= 15 is 0 Å². The molecule has 128 heavy (non-hydrogen) atoms. The molecule has 0 amide bonds. The third-order valence-electron chi connectivity index (χ3n) is 19.5. The first-order valence-electron chi connectivity index (χ1n) is 36.3. The standard InChI is InChI=1S/C64H96O56.8K/c65-25(66)9-97-1-17-49-33(81)41(89)57(105-17)114-50-18(2-98-10-26(67)68)107-59(43(91)35(50)83)116-52-20(4-100-12-28(71)72)109-61(45(93)37(52)85)118-54-22(6-102-14-30(75)76)111-63(47(95)39(54)87)120-56-24(8-104-16-32(79)80)112-64(48(96)40(56)88)119-55-23(7-103-15-31(77)78)110-62(46(94)38(55)86)117-53-21(5-101-13-29(73)74)108-60(44(92)36(53)84)115-51-19(3-99-11-27(69)70)106-58(113-49)42(90)34(51)82;;;;;;;;/h17-24,33-64,81-96H,1-16H2,(H,65,66)(H,67,68)(H,69,70)(H,71,72)(H,73,74)(H,75,76)(H,77,78)(H,79,80);;;;;;;;/q;8*+1/p-8/t17-,18-,19-,20-,21-,22-,23-,24-,33-,34-,35-,36-,37-,38-,39-,40-,41-,42-,43-,44-,45-,46-,47-,48-,49-,50-,51-,52-,53-,54-,55-,56-,57-,58-,59-,60-,61-,62-,63-,64-;;;;;;;;/m1......../s1. The van der Waals surface area contributed by atoms with E-state index in [1.165, 1.54) is 0 Å². The van der Waals surface area contributed by atoms with E-state index in [1.807, 2.05) is 0 Å². The average Bonchev–Trinajstić information content (AvgIpc) is 0.769. The number of hydrogen-bond donors (Lipinski definition) is 16. The number of carboxylic acids is 8. The number of carbonyl (C=O) groups is 8. The van der Waals surface area contributed by atoms with Gasteiger partial charge in [-0.3, -0.25) is 0 Å². The van der Waals surface area contributed by atoms with Crippen molar-refractivity contribution in [3.8, 4) is 0 Å². The van der Waals surface area contributed by atoms with E-state index < -0.39 is 399 Å². The van der Waals surface area contributed by atoms with E-state index in [0.717, 1.165) is 0 Å². The van der Waals surface area contributed by atoms with Gasteiger partial charge < -0.3 is 275 Å². The molecule has 16 N–H and O–H groups in total. The smallest absolute Gasteiger partial charge is 0.548 e. The van der Waals surface area contributed by atoms with Gasteiger partial charge >= 0.3 is 411 Å². The molecule has 0 radical (unpaired) electrons. The topological polar surface area (TPSA) is 866 Å². The molecule has 0 aromatic rings. The molecule has 30 fully saturated rings. The van der Waals surface area contributed by atoms with Crippen molar-refractivity contribution in [1.82, 2.24) is 0 Å². The van der Waals surface area contributed by atoms with Gasteiger partial charge in [0.25, 0.3) is 0 Å². The zero-order chi connectivity index (χ0) is 88.0. The Morgan fingerprint density at radius 3 is 0.328 bits per heavy atom. The molecule has 0 saturated carbocycles. The number of carbonyl (C=O) groups excluding carboxylic acids is 8. The third kappa shape index (κ3) is 38.1. The number of hydrogen-bond acceptors (Lipinski definition) is 56. The van der Waals surface area contributed by atoms with E-state index in [1.54, 1.807) is 0 Å². The molecule has 16 bridgehead atoms. The zero-order valence-electron chi connectivity index (χ0n) is 69.9. The number of rotatable bonds is 32. The first-order chi connectivity index (χ1) is 56.7. The number of ether oxygens (including phenoxy) is 24. The second-order valence-electron chi connectivity index (χ2n) is 28.1. The molecule has 56 nitrogen and oxygen atoms in total. The molecule has 688 valence electrons. The maximum Gasteiger partial charge on any atom is 1.00 e. The van der Waals surface area contributed by atoms with Crippen LogP contribution in [0.4, 0.5) is 0 Å². The molecular weight excluding hydrogens is 1980 g/mol. The van der Waals surface area contributed by atoms with Crippen LogP contribution in [0.15, 0.2) is 0 Å². The second-order valence-corrected chi connectivity index (χ2v) is 28.1. The van der Waals surface area contributed by atoms with Gasteiger partial charge in [0.2, 0.25) is 0 Å². The van der Waals surface area contributed by atoms with Crippen LogP contribution < -0.4 is 452 Å². The Morgan fingerprint density at radius 1 is 0.164 bits per heavy atom. The fraction of sp³-hybridized carbons (Fsp3) is 0.875. The molecule has 0 aromatic carbocycles. The van der Waals surface area contributed by atoms with Gasteiger partial charge in [-0.2, -0.15) is 0 Å².